The normalized spacial score (nSPS) is 10.7. The molecule has 0 aliphatic carbocycles. The van der Waals surface area contributed by atoms with Gasteiger partial charge in [0.25, 0.3) is 5.91 Å². The first-order valence-corrected chi connectivity index (χ1v) is 9.12. The molecule has 2 N–H and O–H groups in total. The van der Waals surface area contributed by atoms with E-state index in [2.05, 4.69) is 10.3 Å². The number of pyridine rings is 1. The fourth-order valence-electron chi connectivity index (χ4n) is 3.23. The topological polar surface area (TPSA) is 79.3 Å². The van der Waals surface area contributed by atoms with Crippen molar-refractivity contribution in [2.75, 3.05) is 5.32 Å². The standard InChI is InChI=1S/C24H18N2O3/c1-15-7-10-20(16-5-3-2-4-6-16)21(11-15)23(27)26-19-9-8-17-12-18(24(28)29)14-25-22(17)13-19/h2-14H,1H3,(H,26,27)(H,28,29). The minimum atomic E-state index is -1.02. The molecule has 0 aliphatic heterocycles. The molecule has 4 aromatic rings. The lowest BCUT2D eigenvalue weighted by atomic mass is 9.97. The van der Waals surface area contributed by atoms with Crippen LogP contribution in [0.5, 0.6) is 0 Å². The van der Waals surface area contributed by atoms with Crippen LogP contribution in [0.4, 0.5) is 5.69 Å². The van der Waals surface area contributed by atoms with Gasteiger partial charge in [-0.2, -0.15) is 0 Å². The van der Waals surface area contributed by atoms with Gasteiger partial charge in [-0.05, 0) is 42.3 Å². The van der Waals surface area contributed by atoms with Gasteiger partial charge in [0.2, 0.25) is 0 Å². The highest BCUT2D eigenvalue weighted by Crippen LogP contribution is 2.26. The summed E-state index contributed by atoms with van der Waals surface area (Å²) in [6, 6.07) is 22.4. The summed E-state index contributed by atoms with van der Waals surface area (Å²) >= 11 is 0. The Morgan fingerprint density at radius 1 is 0.931 bits per heavy atom. The Morgan fingerprint density at radius 2 is 1.72 bits per heavy atom. The first-order valence-electron chi connectivity index (χ1n) is 9.12. The zero-order chi connectivity index (χ0) is 20.4. The molecule has 0 unspecified atom stereocenters. The summed E-state index contributed by atoms with van der Waals surface area (Å²) in [5.41, 5.74) is 4.75. The van der Waals surface area contributed by atoms with E-state index in [1.807, 2.05) is 55.5 Å². The number of carboxylic acids is 1. The highest BCUT2D eigenvalue weighted by molar-refractivity contribution is 6.09. The summed E-state index contributed by atoms with van der Waals surface area (Å²) in [6.07, 6.45) is 1.31. The minimum Gasteiger partial charge on any atom is -0.478 e. The van der Waals surface area contributed by atoms with Crippen LogP contribution in [0.2, 0.25) is 0 Å². The third-order valence-corrected chi connectivity index (χ3v) is 4.69. The van der Waals surface area contributed by atoms with Gasteiger partial charge in [-0.1, -0.05) is 54.1 Å². The maximum absolute atomic E-state index is 13.0. The van der Waals surface area contributed by atoms with Crippen molar-refractivity contribution in [2.24, 2.45) is 0 Å². The van der Waals surface area contributed by atoms with Crippen LogP contribution in [0.15, 0.2) is 79.0 Å². The Morgan fingerprint density at radius 3 is 2.48 bits per heavy atom. The summed E-state index contributed by atoms with van der Waals surface area (Å²) in [6.45, 7) is 1.95. The van der Waals surface area contributed by atoms with Crippen molar-refractivity contribution < 1.29 is 14.7 Å². The average molecular weight is 382 g/mol. The lowest BCUT2D eigenvalue weighted by Gasteiger charge is -2.12. The predicted molar refractivity (Wildman–Crippen MR) is 113 cm³/mol. The van der Waals surface area contributed by atoms with Crippen LogP contribution < -0.4 is 5.32 Å². The van der Waals surface area contributed by atoms with Gasteiger partial charge in [0, 0.05) is 22.8 Å². The Hall–Kier alpha value is -3.99. The summed E-state index contributed by atoms with van der Waals surface area (Å²) in [5.74, 6) is -1.24. The Labute approximate surface area is 167 Å². The van der Waals surface area contributed by atoms with Crippen molar-refractivity contribution in [3.63, 3.8) is 0 Å². The second-order valence-corrected chi connectivity index (χ2v) is 6.81. The molecular weight excluding hydrogens is 364 g/mol. The number of fused-ring (bicyclic) bond motifs is 1. The number of carboxylic acid groups (broad SMARTS) is 1. The second-order valence-electron chi connectivity index (χ2n) is 6.81. The molecule has 0 bridgehead atoms. The van der Waals surface area contributed by atoms with E-state index in [4.69, 9.17) is 5.11 Å². The number of hydrogen-bond acceptors (Lipinski definition) is 3. The number of benzene rings is 3. The highest BCUT2D eigenvalue weighted by atomic mass is 16.4. The molecule has 0 fully saturated rings. The molecule has 0 saturated heterocycles. The quantitative estimate of drug-likeness (QED) is 0.511. The lowest BCUT2D eigenvalue weighted by Crippen LogP contribution is -2.13. The summed E-state index contributed by atoms with van der Waals surface area (Å²) in [4.78, 5) is 28.3. The molecule has 3 aromatic carbocycles. The van der Waals surface area contributed by atoms with Gasteiger partial charge in [-0.15, -0.1) is 0 Å². The summed E-state index contributed by atoms with van der Waals surface area (Å²) in [7, 11) is 0. The van der Waals surface area contributed by atoms with Crippen molar-refractivity contribution in [1.29, 1.82) is 0 Å². The number of carbonyl (C=O) groups excluding carboxylic acids is 1. The highest BCUT2D eigenvalue weighted by Gasteiger charge is 2.14. The molecule has 5 nitrogen and oxygen atoms in total. The van der Waals surface area contributed by atoms with E-state index in [0.717, 1.165) is 16.7 Å². The van der Waals surface area contributed by atoms with E-state index in [1.54, 1.807) is 24.3 Å². The fourth-order valence-corrected chi connectivity index (χ4v) is 3.23. The van der Waals surface area contributed by atoms with E-state index in [1.165, 1.54) is 6.20 Å². The largest absolute Gasteiger partial charge is 0.478 e. The lowest BCUT2D eigenvalue weighted by molar-refractivity contribution is 0.0696. The fraction of sp³-hybridized carbons (Fsp3) is 0.0417. The third-order valence-electron chi connectivity index (χ3n) is 4.69. The molecule has 0 atom stereocenters. The molecule has 0 spiro atoms. The van der Waals surface area contributed by atoms with Gasteiger partial charge >= 0.3 is 5.97 Å². The molecule has 5 heteroatoms. The maximum Gasteiger partial charge on any atom is 0.337 e. The Kier molecular flexibility index (Phi) is 4.79. The van der Waals surface area contributed by atoms with Gasteiger partial charge in [-0.25, -0.2) is 4.79 Å². The number of hydrogen-bond donors (Lipinski definition) is 2. The molecule has 1 heterocycles. The van der Waals surface area contributed by atoms with Crippen molar-refractivity contribution in [1.82, 2.24) is 4.98 Å². The Balaban J connectivity index is 1.67. The average Bonchev–Trinajstić information content (AvgIpc) is 2.73. The van der Waals surface area contributed by atoms with Gasteiger partial charge in [0.1, 0.15) is 0 Å². The van der Waals surface area contributed by atoms with Gasteiger partial charge < -0.3 is 10.4 Å². The van der Waals surface area contributed by atoms with Gasteiger partial charge in [0.15, 0.2) is 0 Å². The number of nitrogens with one attached hydrogen (secondary N) is 1. The number of rotatable bonds is 4. The van der Waals surface area contributed by atoms with Crippen LogP contribution in [0, 0.1) is 6.92 Å². The molecule has 142 valence electrons. The molecular formula is C24H18N2O3. The van der Waals surface area contributed by atoms with E-state index in [0.29, 0.717) is 22.2 Å². The van der Waals surface area contributed by atoms with Gasteiger partial charge in [0.05, 0.1) is 11.1 Å². The summed E-state index contributed by atoms with van der Waals surface area (Å²) in [5, 5.41) is 12.7. The van der Waals surface area contributed by atoms with Crippen LogP contribution in [0.1, 0.15) is 26.3 Å². The smallest absolute Gasteiger partial charge is 0.337 e. The monoisotopic (exact) mass is 382 g/mol. The number of aromatic nitrogens is 1. The van der Waals surface area contributed by atoms with Crippen LogP contribution in [0.25, 0.3) is 22.0 Å². The van der Waals surface area contributed by atoms with Crippen molar-refractivity contribution in [3.8, 4) is 11.1 Å². The Bertz CT molecular complexity index is 1230. The van der Waals surface area contributed by atoms with E-state index < -0.39 is 5.97 Å². The van der Waals surface area contributed by atoms with E-state index >= 15 is 0 Å². The van der Waals surface area contributed by atoms with Crippen molar-refractivity contribution in [2.45, 2.75) is 6.92 Å². The van der Waals surface area contributed by atoms with Crippen LogP contribution in [-0.4, -0.2) is 22.0 Å². The van der Waals surface area contributed by atoms with Crippen LogP contribution >= 0.6 is 0 Å². The molecule has 1 amide bonds. The first kappa shape index (κ1) is 18.4. The van der Waals surface area contributed by atoms with E-state index in [9.17, 15) is 9.59 Å². The predicted octanol–water partition coefficient (Wildman–Crippen LogP) is 5.16. The molecule has 0 radical (unpaired) electrons. The zero-order valence-electron chi connectivity index (χ0n) is 15.7. The van der Waals surface area contributed by atoms with Crippen molar-refractivity contribution in [3.05, 3.63) is 95.7 Å². The van der Waals surface area contributed by atoms with Gasteiger partial charge in [-0.3, -0.25) is 9.78 Å². The van der Waals surface area contributed by atoms with Crippen molar-refractivity contribution >= 4 is 28.5 Å². The maximum atomic E-state index is 13.0. The first-order chi connectivity index (χ1) is 14.0. The second kappa shape index (κ2) is 7.56. The minimum absolute atomic E-state index is 0.126. The molecule has 0 saturated carbocycles. The number of amides is 1. The molecule has 29 heavy (non-hydrogen) atoms. The van der Waals surface area contributed by atoms with Crippen LogP contribution in [-0.2, 0) is 0 Å². The number of aryl methyl sites for hydroxylation is 1. The third kappa shape index (κ3) is 3.84. The zero-order valence-corrected chi connectivity index (χ0v) is 15.7. The summed E-state index contributed by atoms with van der Waals surface area (Å²) < 4.78 is 0. The number of aromatic carboxylic acids is 1. The molecule has 0 aliphatic rings. The van der Waals surface area contributed by atoms with E-state index in [-0.39, 0.29) is 11.5 Å². The number of nitrogens with zero attached hydrogens (tertiary/aromatic N) is 1. The number of anilines is 1. The molecule has 1 aromatic heterocycles. The van der Waals surface area contributed by atoms with Crippen LogP contribution in [0.3, 0.4) is 0 Å². The number of carbonyl (C=O) groups is 2. The molecule has 4 rings (SSSR count). The SMILES string of the molecule is Cc1ccc(-c2ccccc2)c(C(=O)Nc2ccc3cc(C(=O)O)cnc3c2)c1.